The molecule has 0 unspecified atom stereocenters. The average molecular weight is 327 g/mol. The van der Waals surface area contributed by atoms with E-state index in [-0.39, 0.29) is 11.7 Å². The van der Waals surface area contributed by atoms with Gasteiger partial charge in [-0.15, -0.1) is 0 Å². The van der Waals surface area contributed by atoms with E-state index in [2.05, 4.69) is 20.7 Å². The number of sulfonamides is 1. The zero-order valence-corrected chi connectivity index (χ0v) is 12.2. The minimum Gasteiger partial charge on any atom is -0.282 e. The Labute approximate surface area is 109 Å². The Morgan fingerprint density at radius 3 is 2.62 bits per heavy atom. The first-order chi connectivity index (χ1) is 7.32. The largest absolute Gasteiger partial charge is 0.282 e. The summed E-state index contributed by atoms with van der Waals surface area (Å²) in [5.41, 5.74) is 0.466. The van der Waals surface area contributed by atoms with Crippen molar-refractivity contribution in [3.05, 3.63) is 27.7 Å². The van der Waals surface area contributed by atoms with Crippen molar-refractivity contribution < 1.29 is 8.42 Å². The second-order valence-electron chi connectivity index (χ2n) is 3.88. The molecular formula is C10H13BrClNO2S. The Morgan fingerprint density at radius 2 is 2.06 bits per heavy atom. The van der Waals surface area contributed by atoms with Crippen LogP contribution in [0.1, 0.15) is 13.8 Å². The van der Waals surface area contributed by atoms with Crippen molar-refractivity contribution in [3.8, 4) is 0 Å². The lowest BCUT2D eigenvalue weighted by molar-refractivity contribution is 0.587. The molecule has 3 nitrogen and oxygen atoms in total. The molecule has 0 atom stereocenters. The topological polar surface area (TPSA) is 46.2 Å². The SMILES string of the molecule is CC(C)CS(=O)(=O)Nc1cccc(Cl)c1Br. The number of hydrogen-bond acceptors (Lipinski definition) is 2. The van der Waals surface area contributed by atoms with Crippen LogP contribution in [0.4, 0.5) is 5.69 Å². The van der Waals surface area contributed by atoms with Crippen LogP contribution in [0.15, 0.2) is 22.7 Å². The van der Waals surface area contributed by atoms with Crippen molar-refractivity contribution in [1.29, 1.82) is 0 Å². The van der Waals surface area contributed by atoms with Gasteiger partial charge in [-0.25, -0.2) is 8.42 Å². The summed E-state index contributed by atoms with van der Waals surface area (Å²) in [5.74, 6) is 0.168. The van der Waals surface area contributed by atoms with E-state index in [1.165, 1.54) is 0 Å². The molecule has 0 aliphatic carbocycles. The van der Waals surface area contributed by atoms with Crippen LogP contribution in [-0.2, 0) is 10.0 Å². The van der Waals surface area contributed by atoms with Crippen molar-refractivity contribution in [2.75, 3.05) is 10.5 Å². The van der Waals surface area contributed by atoms with Gasteiger partial charge in [-0.3, -0.25) is 4.72 Å². The van der Waals surface area contributed by atoms with E-state index in [1.54, 1.807) is 18.2 Å². The zero-order valence-electron chi connectivity index (χ0n) is 9.00. The van der Waals surface area contributed by atoms with Gasteiger partial charge in [-0.05, 0) is 34.0 Å². The third-order valence-electron chi connectivity index (χ3n) is 1.77. The molecule has 0 saturated carbocycles. The van der Waals surface area contributed by atoms with Crippen LogP contribution >= 0.6 is 27.5 Å². The number of rotatable bonds is 4. The van der Waals surface area contributed by atoms with Crippen LogP contribution in [0.2, 0.25) is 5.02 Å². The van der Waals surface area contributed by atoms with Crippen LogP contribution < -0.4 is 4.72 Å². The highest BCUT2D eigenvalue weighted by Gasteiger charge is 2.15. The standard InChI is InChI=1S/C10H13BrClNO2S/c1-7(2)6-16(14,15)13-9-5-3-4-8(12)10(9)11/h3-5,7,13H,6H2,1-2H3. The van der Waals surface area contributed by atoms with Gasteiger partial charge in [0.2, 0.25) is 10.0 Å². The molecule has 0 spiro atoms. The predicted molar refractivity (Wildman–Crippen MR) is 71.4 cm³/mol. The molecule has 16 heavy (non-hydrogen) atoms. The lowest BCUT2D eigenvalue weighted by Gasteiger charge is -2.11. The number of nitrogens with one attached hydrogen (secondary N) is 1. The highest BCUT2D eigenvalue weighted by molar-refractivity contribution is 9.10. The van der Waals surface area contributed by atoms with Crippen LogP contribution in [0.5, 0.6) is 0 Å². The molecule has 6 heteroatoms. The lowest BCUT2D eigenvalue weighted by Crippen LogP contribution is -2.20. The molecule has 0 radical (unpaired) electrons. The molecule has 1 rings (SSSR count). The van der Waals surface area contributed by atoms with Crippen molar-refractivity contribution in [2.24, 2.45) is 5.92 Å². The predicted octanol–water partition coefficient (Wildman–Crippen LogP) is 3.50. The maximum Gasteiger partial charge on any atom is 0.233 e. The van der Waals surface area contributed by atoms with Gasteiger partial charge in [0.1, 0.15) is 0 Å². The summed E-state index contributed by atoms with van der Waals surface area (Å²) in [7, 11) is -3.31. The van der Waals surface area contributed by atoms with Gasteiger partial charge in [0.05, 0.1) is 20.9 Å². The smallest absolute Gasteiger partial charge is 0.233 e. The molecule has 0 fully saturated rings. The Morgan fingerprint density at radius 1 is 1.44 bits per heavy atom. The van der Waals surface area contributed by atoms with Crippen molar-refractivity contribution >= 4 is 43.2 Å². The first-order valence-corrected chi connectivity index (χ1v) is 7.58. The van der Waals surface area contributed by atoms with Gasteiger partial charge < -0.3 is 0 Å². The molecule has 0 aromatic heterocycles. The van der Waals surface area contributed by atoms with Gasteiger partial charge >= 0.3 is 0 Å². The number of halogens is 2. The van der Waals surface area contributed by atoms with Crippen molar-refractivity contribution in [1.82, 2.24) is 0 Å². The van der Waals surface area contributed by atoms with Crippen molar-refractivity contribution in [2.45, 2.75) is 13.8 Å². The van der Waals surface area contributed by atoms with E-state index in [0.29, 0.717) is 15.2 Å². The number of anilines is 1. The third kappa shape index (κ3) is 3.96. The molecule has 0 amide bonds. The summed E-state index contributed by atoms with van der Waals surface area (Å²) < 4.78 is 26.5. The van der Waals surface area contributed by atoms with Crippen LogP contribution in [0.3, 0.4) is 0 Å². The summed E-state index contributed by atoms with van der Waals surface area (Å²) in [6, 6.07) is 5.04. The Kier molecular flexibility index (Phi) is 4.64. The second-order valence-corrected chi connectivity index (χ2v) is 6.85. The molecule has 1 N–H and O–H groups in total. The van der Waals surface area contributed by atoms with Gasteiger partial charge in [0, 0.05) is 0 Å². The maximum absolute atomic E-state index is 11.7. The second kappa shape index (κ2) is 5.38. The fraction of sp³-hybridized carbons (Fsp3) is 0.400. The fourth-order valence-corrected chi connectivity index (χ4v) is 3.37. The zero-order chi connectivity index (χ0) is 12.3. The Balaban J connectivity index is 2.93. The lowest BCUT2D eigenvalue weighted by atomic mass is 10.3. The summed E-state index contributed by atoms with van der Waals surface area (Å²) in [6.45, 7) is 3.71. The quantitative estimate of drug-likeness (QED) is 0.920. The van der Waals surface area contributed by atoms with Crippen molar-refractivity contribution in [3.63, 3.8) is 0 Å². The Bertz CT molecular complexity index is 474. The van der Waals surface area contributed by atoms with E-state index in [1.807, 2.05) is 13.8 Å². The van der Waals surface area contributed by atoms with E-state index >= 15 is 0 Å². The van der Waals surface area contributed by atoms with Crippen LogP contribution in [0.25, 0.3) is 0 Å². The van der Waals surface area contributed by atoms with Crippen LogP contribution in [0, 0.1) is 5.92 Å². The van der Waals surface area contributed by atoms with E-state index in [4.69, 9.17) is 11.6 Å². The van der Waals surface area contributed by atoms with Gasteiger partial charge in [0.25, 0.3) is 0 Å². The summed E-state index contributed by atoms with van der Waals surface area (Å²) in [5, 5.41) is 0.477. The Hall–Kier alpha value is -0.260. The van der Waals surface area contributed by atoms with Gasteiger partial charge in [-0.1, -0.05) is 31.5 Å². The molecule has 0 aliphatic heterocycles. The van der Waals surface area contributed by atoms with E-state index in [9.17, 15) is 8.42 Å². The van der Waals surface area contributed by atoms with Crippen LogP contribution in [-0.4, -0.2) is 14.2 Å². The van der Waals surface area contributed by atoms with E-state index < -0.39 is 10.0 Å². The molecule has 1 aromatic carbocycles. The highest BCUT2D eigenvalue weighted by atomic mass is 79.9. The van der Waals surface area contributed by atoms with Gasteiger partial charge in [-0.2, -0.15) is 0 Å². The molecule has 0 heterocycles. The first kappa shape index (κ1) is 13.8. The first-order valence-electron chi connectivity index (χ1n) is 4.76. The molecule has 0 saturated heterocycles. The minimum absolute atomic E-state index is 0.0791. The number of hydrogen-bond donors (Lipinski definition) is 1. The monoisotopic (exact) mass is 325 g/mol. The maximum atomic E-state index is 11.7. The molecular weight excluding hydrogens is 314 g/mol. The molecule has 0 bridgehead atoms. The van der Waals surface area contributed by atoms with E-state index in [0.717, 1.165) is 0 Å². The highest BCUT2D eigenvalue weighted by Crippen LogP contribution is 2.30. The molecule has 90 valence electrons. The van der Waals surface area contributed by atoms with Gasteiger partial charge in [0.15, 0.2) is 0 Å². The summed E-state index contributed by atoms with van der Waals surface area (Å²) in [6.07, 6.45) is 0. The number of benzene rings is 1. The average Bonchev–Trinajstić information content (AvgIpc) is 2.10. The molecule has 0 aliphatic rings. The molecule has 1 aromatic rings. The normalized spacial score (nSPS) is 11.8. The third-order valence-corrected chi connectivity index (χ3v) is 4.80. The summed E-state index contributed by atoms with van der Waals surface area (Å²) >= 11 is 9.11. The fourth-order valence-electron chi connectivity index (χ4n) is 1.23. The minimum atomic E-state index is -3.31. The summed E-state index contributed by atoms with van der Waals surface area (Å²) in [4.78, 5) is 0.